The first-order chi connectivity index (χ1) is 5.74. The quantitative estimate of drug-likeness (QED) is 0.570. The molecule has 0 rings (SSSR count). The second-order valence-corrected chi connectivity index (χ2v) is 3.79. The third-order valence-electron chi connectivity index (χ3n) is 2.76. The Hall–Kier alpha value is -0.0400. The fourth-order valence-corrected chi connectivity index (χ4v) is 2.09. The van der Waals surface area contributed by atoms with Gasteiger partial charge in [0.1, 0.15) is 0 Å². The standard InChI is InChI=1S/C11H24O/c1-5-8-11(7-3,9-6-2)10-12-4/h5-10H2,1-4H3. The maximum atomic E-state index is 5.30. The number of ether oxygens (including phenoxy) is 1. The van der Waals surface area contributed by atoms with E-state index in [1.165, 1.54) is 32.1 Å². The summed E-state index contributed by atoms with van der Waals surface area (Å²) in [5.41, 5.74) is 0.470. The molecular formula is C11H24O. The summed E-state index contributed by atoms with van der Waals surface area (Å²) < 4.78 is 5.30. The SMILES string of the molecule is CCCC(CC)(CCC)COC. The predicted octanol–water partition coefficient (Wildman–Crippen LogP) is 3.63. The lowest BCUT2D eigenvalue weighted by molar-refractivity contribution is 0.0602. The average molecular weight is 172 g/mol. The first-order valence-electron chi connectivity index (χ1n) is 5.23. The second kappa shape index (κ2) is 6.47. The van der Waals surface area contributed by atoms with Gasteiger partial charge in [0.25, 0.3) is 0 Å². The van der Waals surface area contributed by atoms with Gasteiger partial charge in [0, 0.05) is 7.11 Å². The number of hydrogen-bond donors (Lipinski definition) is 0. The number of hydrogen-bond acceptors (Lipinski definition) is 1. The van der Waals surface area contributed by atoms with E-state index in [0.717, 1.165) is 6.61 Å². The van der Waals surface area contributed by atoms with E-state index in [9.17, 15) is 0 Å². The fourth-order valence-electron chi connectivity index (χ4n) is 2.09. The van der Waals surface area contributed by atoms with Crippen LogP contribution in [0.4, 0.5) is 0 Å². The van der Waals surface area contributed by atoms with E-state index >= 15 is 0 Å². The van der Waals surface area contributed by atoms with Crippen LogP contribution >= 0.6 is 0 Å². The van der Waals surface area contributed by atoms with Crippen LogP contribution in [0.2, 0.25) is 0 Å². The monoisotopic (exact) mass is 172 g/mol. The van der Waals surface area contributed by atoms with Gasteiger partial charge in [-0.3, -0.25) is 0 Å². The topological polar surface area (TPSA) is 9.23 Å². The van der Waals surface area contributed by atoms with E-state index < -0.39 is 0 Å². The smallest absolute Gasteiger partial charge is 0.0518 e. The van der Waals surface area contributed by atoms with Gasteiger partial charge >= 0.3 is 0 Å². The van der Waals surface area contributed by atoms with Crippen molar-refractivity contribution in [2.45, 2.75) is 52.9 Å². The van der Waals surface area contributed by atoms with Gasteiger partial charge in [-0.05, 0) is 24.7 Å². The first-order valence-corrected chi connectivity index (χ1v) is 5.23. The van der Waals surface area contributed by atoms with Crippen molar-refractivity contribution in [3.63, 3.8) is 0 Å². The summed E-state index contributed by atoms with van der Waals surface area (Å²) in [6.45, 7) is 7.74. The maximum Gasteiger partial charge on any atom is 0.0518 e. The molecule has 0 aromatic heterocycles. The molecular weight excluding hydrogens is 148 g/mol. The lowest BCUT2D eigenvalue weighted by atomic mass is 9.78. The van der Waals surface area contributed by atoms with Crippen molar-refractivity contribution in [1.82, 2.24) is 0 Å². The summed E-state index contributed by atoms with van der Waals surface area (Å²) in [4.78, 5) is 0. The van der Waals surface area contributed by atoms with Gasteiger partial charge in [0.05, 0.1) is 6.61 Å². The van der Waals surface area contributed by atoms with Crippen molar-refractivity contribution < 1.29 is 4.74 Å². The molecule has 0 atom stereocenters. The van der Waals surface area contributed by atoms with Gasteiger partial charge in [-0.1, -0.05) is 33.6 Å². The molecule has 74 valence electrons. The van der Waals surface area contributed by atoms with Crippen LogP contribution < -0.4 is 0 Å². The summed E-state index contributed by atoms with van der Waals surface area (Å²) in [6, 6.07) is 0. The third kappa shape index (κ3) is 3.57. The van der Waals surface area contributed by atoms with Gasteiger partial charge in [-0.15, -0.1) is 0 Å². The van der Waals surface area contributed by atoms with Gasteiger partial charge in [0.15, 0.2) is 0 Å². The van der Waals surface area contributed by atoms with Gasteiger partial charge < -0.3 is 4.74 Å². The summed E-state index contributed by atoms with van der Waals surface area (Å²) in [7, 11) is 1.82. The molecule has 1 nitrogen and oxygen atoms in total. The molecule has 0 saturated carbocycles. The molecule has 0 saturated heterocycles. The van der Waals surface area contributed by atoms with Crippen LogP contribution in [0.15, 0.2) is 0 Å². The van der Waals surface area contributed by atoms with Crippen molar-refractivity contribution in [3.05, 3.63) is 0 Å². The zero-order valence-corrected chi connectivity index (χ0v) is 9.15. The van der Waals surface area contributed by atoms with Crippen molar-refractivity contribution in [2.24, 2.45) is 5.41 Å². The molecule has 0 N–H and O–H groups in total. The Kier molecular flexibility index (Phi) is 6.45. The molecule has 0 bridgehead atoms. The van der Waals surface area contributed by atoms with E-state index in [1.54, 1.807) is 0 Å². The van der Waals surface area contributed by atoms with Crippen LogP contribution in [0, 0.1) is 5.41 Å². The van der Waals surface area contributed by atoms with E-state index in [2.05, 4.69) is 20.8 Å². The molecule has 0 aliphatic heterocycles. The Morgan fingerprint density at radius 1 is 1.00 bits per heavy atom. The molecule has 0 aromatic rings. The molecule has 0 aliphatic carbocycles. The van der Waals surface area contributed by atoms with E-state index in [-0.39, 0.29) is 0 Å². The molecule has 12 heavy (non-hydrogen) atoms. The summed E-state index contributed by atoms with van der Waals surface area (Å²) in [6.07, 6.45) is 6.42. The number of rotatable bonds is 7. The van der Waals surface area contributed by atoms with Gasteiger partial charge in [0.2, 0.25) is 0 Å². The Morgan fingerprint density at radius 3 is 1.75 bits per heavy atom. The van der Waals surface area contributed by atoms with Crippen LogP contribution in [-0.2, 0) is 4.74 Å². The normalized spacial score (nSPS) is 12.0. The molecule has 0 unspecified atom stereocenters. The molecule has 0 heterocycles. The molecule has 0 aromatic carbocycles. The zero-order valence-electron chi connectivity index (χ0n) is 9.15. The number of methoxy groups -OCH3 is 1. The maximum absolute atomic E-state index is 5.30. The Labute approximate surface area is 77.5 Å². The summed E-state index contributed by atoms with van der Waals surface area (Å²) >= 11 is 0. The second-order valence-electron chi connectivity index (χ2n) is 3.79. The van der Waals surface area contributed by atoms with Crippen LogP contribution in [0.1, 0.15) is 52.9 Å². The molecule has 0 spiro atoms. The van der Waals surface area contributed by atoms with Crippen LogP contribution in [0.5, 0.6) is 0 Å². The van der Waals surface area contributed by atoms with Crippen molar-refractivity contribution in [3.8, 4) is 0 Å². The third-order valence-corrected chi connectivity index (χ3v) is 2.76. The molecule has 0 radical (unpaired) electrons. The van der Waals surface area contributed by atoms with Gasteiger partial charge in [-0.2, -0.15) is 0 Å². The van der Waals surface area contributed by atoms with Crippen LogP contribution in [0.3, 0.4) is 0 Å². The minimum absolute atomic E-state index is 0.470. The Bertz CT molecular complexity index is 82.2. The fraction of sp³-hybridized carbons (Fsp3) is 1.00. The lowest BCUT2D eigenvalue weighted by Gasteiger charge is -2.31. The Morgan fingerprint density at radius 2 is 1.50 bits per heavy atom. The van der Waals surface area contributed by atoms with E-state index in [1.807, 2.05) is 7.11 Å². The highest BCUT2D eigenvalue weighted by molar-refractivity contribution is 4.76. The van der Waals surface area contributed by atoms with Crippen molar-refractivity contribution in [2.75, 3.05) is 13.7 Å². The zero-order chi connectivity index (χ0) is 9.45. The van der Waals surface area contributed by atoms with E-state index in [4.69, 9.17) is 4.74 Å². The minimum Gasteiger partial charge on any atom is -0.384 e. The molecule has 0 amide bonds. The summed E-state index contributed by atoms with van der Waals surface area (Å²) in [5, 5.41) is 0. The van der Waals surface area contributed by atoms with Crippen molar-refractivity contribution in [1.29, 1.82) is 0 Å². The van der Waals surface area contributed by atoms with Gasteiger partial charge in [-0.25, -0.2) is 0 Å². The van der Waals surface area contributed by atoms with E-state index in [0.29, 0.717) is 5.41 Å². The molecule has 1 heteroatoms. The average Bonchev–Trinajstić information content (AvgIpc) is 2.06. The van der Waals surface area contributed by atoms with Crippen molar-refractivity contribution >= 4 is 0 Å². The molecule has 0 fully saturated rings. The highest BCUT2D eigenvalue weighted by Gasteiger charge is 2.25. The summed E-state index contributed by atoms with van der Waals surface area (Å²) in [5.74, 6) is 0. The highest BCUT2D eigenvalue weighted by atomic mass is 16.5. The predicted molar refractivity (Wildman–Crippen MR) is 54.4 cm³/mol. The van der Waals surface area contributed by atoms with Crippen LogP contribution in [0.25, 0.3) is 0 Å². The molecule has 0 aliphatic rings. The minimum atomic E-state index is 0.470. The van der Waals surface area contributed by atoms with Crippen LogP contribution in [-0.4, -0.2) is 13.7 Å². The first kappa shape index (κ1) is 12.0. The highest BCUT2D eigenvalue weighted by Crippen LogP contribution is 2.33. The Balaban J connectivity index is 4.06. The lowest BCUT2D eigenvalue weighted by Crippen LogP contribution is -2.25. The largest absolute Gasteiger partial charge is 0.384 e.